The summed E-state index contributed by atoms with van der Waals surface area (Å²) < 4.78 is 5.65. The van der Waals surface area contributed by atoms with Crippen molar-refractivity contribution in [3.63, 3.8) is 0 Å². The number of carbonyl (C=O) groups excluding carboxylic acids is 1. The molecule has 0 saturated carbocycles. The van der Waals surface area contributed by atoms with Gasteiger partial charge in [0.15, 0.2) is 6.61 Å². The van der Waals surface area contributed by atoms with Gasteiger partial charge in [-0.1, -0.05) is 35.9 Å². The third-order valence-electron chi connectivity index (χ3n) is 4.74. The van der Waals surface area contributed by atoms with E-state index >= 15 is 0 Å². The minimum atomic E-state index is -0.0537. The normalized spacial score (nSPS) is 13.2. The van der Waals surface area contributed by atoms with E-state index < -0.39 is 0 Å². The quantitative estimate of drug-likeness (QED) is 0.776. The van der Waals surface area contributed by atoms with Crippen LogP contribution in [0.2, 0.25) is 0 Å². The van der Waals surface area contributed by atoms with Crippen molar-refractivity contribution in [2.45, 2.75) is 45.4 Å². The number of fused-ring (bicyclic) bond motifs is 1. The minimum Gasteiger partial charge on any atom is -0.484 e. The van der Waals surface area contributed by atoms with E-state index in [1.165, 1.54) is 35.1 Å². The molecule has 25 heavy (non-hydrogen) atoms. The Balaban J connectivity index is 1.37. The van der Waals surface area contributed by atoms with Gasteiger partial charge >= 0.3 is 0 Å². The van der Waals surface area contributed by atoms with E-state index in [9.17, 15) is 4.79 Å². The summed E-state index contributed by atoms with van der Waals surface area (Å²) in [5.74, 6) is 0.748. The molecule has 132 valence electrons. The number of rotatable bonds is 7. The molecule has 0 bridgehead atoms. The van der Waals surface area contributed by atoms with Crippen molar-refractivity contribution in [1.82, 2.24) is 5.32 Å². The highest BCUT2D eigenvalue weighted by Crippen LogP contribution is 2.25. The van der Waals surface area contributed by atoms with Gasteiger partial charge in [-0.15, -0.1) is 0 Å². The Hall–Kier alpha value is -2.29. The lowest BCUT2D eigenvalue weighted by atomic mass is 9.92. The second-order valence-corrected chi connectivity index (χ2v) is 6.87. The molecule has 0 fully saturated rings. The maximum Gasteiger partial charge on any atom is 0.257 e. The van der Waals surface area contributed by atoms with Crippen molar-refractivity contribution in [2.24, 2.45) is 0 Å². The molecule has 3 rings (SSSR count). The summed E-state index contributed by atoms with van der Waals surface area (Å²) in [6.07, 6.45) is 6.73. The van der Waals surface area contributed by atoms with Crippen LogP contribution in [0.4, 0.5) is 0 Å². The Morgan fingerprint density at radius 3 is 2.76 bits per heavy atom. The maximum atomic E-state index is 11.9. The standard InChI is InChI=1S/C22H27NO2/c1-17-6-4-7-18(14-17)8-5-13-23-22(24)16-25-21-12-11-19-9-2-3-10-20(19)15-21/h4,6-7,11-12,14-15H,2-3,5,8-10,13,16H2,1H3,(H,23,24). The predicted molar refractivity (Wildman–Crippen MR) is 101 cm³/mol. The molecule has 0 radical (unpaired) electrons. The van der Waals surface area contributed by atoms with Gasteiger partial charge in [-0.25, -0.2) is 0 Å². The van der Waals surface area contributed by atoms with Crippen LogP contribution in [0.25, 0.3) is 0 Å². The third-order valence-corrected chi connectivity index (χ3v) is 4.74. The van der Waals surface area contributed by atoms with Crippen LogP contribution in [-0.2, 0) is 24.1 Å². The average molecular weight is 337 g/mol. The number of hydrogen-bond acceptors (Lipinski definition) is 2. The maximum absolute atomic E-state index is 11.9. The minimum absolute atomic E-state index is 0.0537. The second-order valence-electron chi connectivity index (χ2n) is 6.87. The zero-order valence-corrected chi connectivity index (χ0v) is 15.0. The lowest BCUT2D eigenvalue weighted by Gasteiger charge is -2.16. The zero-order valence-electron chi connectivity index (χ0n) is 15.0. The average Bonchev–Trinajstić information content (AvgIpc) is 2.63. The van der Waals surface area contributed by atoms with Crippen LogP contribution < -0.4 is 10.1 Å². The van der Waals surface area contributed by atoms with Gasteiger partial charge in [0.1, 0.15) is 5.75 Å². The van der Waals surface area contributed by atoms with Crippen molar-refractivity contribution in [3.8, 4) is 5.75 Å². The fraction of sp³-hybridized carbons (Fsp3) is 0.409. The Kier molecular flexibility index (Phi) is 6.10. The molecule has 0 saturated heterocycles. The highest BCUT2D eigenvalue weighted by atomic mass is 16.5. The summed E-state index contributed by atoms with van der Waals surface area (Å²) in [4.78, 5) is 11.9. The molecular formula is C22H27NO2. The Bertz CT molecular complexity index is 724. The van der Waals surface area contributed by atoms with Crippen molar-refractivity contribution >= 4 is 5.91 Å². The van der Waals surface area contributed by atoms with Crippen LogP contribution >= 0.6 is 0 Å². The first-order valence-corrected chi connectivity index (χ1v) is 9.27. The predicted octanol–water partition coefficient (Wildman–Crippen LogP) is 4.00. The zero-order chi connectivity index (χ0) is 17.5. The molecule has 0 atom stereocenters. The first kappa shape index (κ1) is 17.5. The number of carbonyl (C=O) groups is 1. The summed E-state index contributed by atoms with van der Waals surface area (Å²) in [6, 6.07) is 14.7. The molecule has 0 unspecified atom stereocenters. The highest BCUT2D eigenvalue weighted by Gasteiger charge is 2.10. The van der Waals surface area contributed by atoms with Gasteiger partial charge in [-0.05, 0) is 74.3 Å². The highest BCUT2D eigenvalue weighted by molar-refractivity contribution is 5.77. The Morgan fingerprint density at radius 2 is 1.92 bits per heavy atom. The van der Waals surface area contributed by atoms with E-state index in [4.69, 9.17) is 4.74 Å². The van der Waals surface area contributed by atoms with E-state index in [0.717, 1.165) is 31.4 Å². The van der Waals surface area contributed by atoms with E-state index in [-0.39, 0.29) is 12.5 Å². The van der Waals surface area contributed by atoms with Gasteiger partial charge in [0.05, 0.1) is 0 Å². The summed E-state index contributed by atoms with van der Waals surface area (Å²) >= 11 is 0. The number of benzene rings is 2. The van der Waals surface area contributed by atoms with Crippen LogP contribution in [-0.4, -0.2) is 19.1 Å². The molecule has 3 heteroatoms. The summed E-state index contributed by atoms with van der Waals surface area (Å²) in [5, 5.41) is 2.94. The molecule has 1 aliphatic carbocycles. The first-order valence-electron chi connectivity index (χ1n) is 9.27. The lowest BCUT2D eigenvalue weighted by molar-refractivity contribution is -0.123. The smallest absolute Gasteiger partial charge is 0.257 e. The molecule has 0 aliphatic heterocycles. The van der Waals surface area contributed by atoms with E-state index in [1.807, 2.05) is 6.07 Å². The van der Waals surface area contributed by atoms with Gasteiger partial charge in [0.2, 0.25) is 0 Å². The SMILES string of the molecule is Cc1cccc(CCCNC(=O)COc2ccc3c(c2)CCCC3)c1. The number of aryl methyl sites for hydroxylation is 4. The van der Waals surface area contributed by atoms with Gasteiger partial charge in [0.25, 0.3) is 5.91 Å². The molecule has 0 heterocycles. The van der Waals surface area contributed by atoms with Crippen molar-refractivity contribution in [3.05, 3.63) is 64.7 Å². The molecule has 0 aromatic heterocycles. The molecule has 3 nitrogen and oxygen atoms in total. The molecular weight excluding hydrogens is 310 g/mol. The van der Waals surface area contributed by atoms with Crippen LogP contribution in [0, 0.1) is 6.92 Å². The fourth-order valence-electron chi connectivity index (χ4n) is 3.39. The Morgan fingerprint density at radius 1 is 1.08 bits per heavy atom. The fourth-order valence-corrected chi connectivity index (χ4v) is 3.39. The molecule has 2 aromatic carbocycles. The van der Waals surface area contributed by atoms with Crippen LogP contribution in [0.15, 0.2) is 42.5 Å². The Labute approximate surface area is 150 Å². The molecule has 2 aromatic rings. The summed E-state index contributed by atoms with van der Waals surface area (Å²) in [7, 11) is 0. The number of ether oxygens (including phenoxy) is 1. The van der Waals surface area contributed by atoms with E-state index in [0.29, 0.717) is 6.54 Å². The molecule has 1 amide bonds. The lowest BCUT2D eigenvalue weighted by Crippen LogP contribution is -2.29. The number of nitrogens with one attached hydrogen (secondary N) is 1. The van der Waals surface area contributed by atoms with E-state index in [1.54, 1.807) is 0 Å². The molecule has 1 aliphatic rings. The second kappa shape index (κ2) is 8.70. The van der Waals surface area contributed by atoms with Crippen molar-refractivity contribution in [1.29, 1.82) is 0 Å². The van der Waals surface area contributed by atoms with Crippen molar-refractivity contribution in [2.75, 3.05) is 13.2 Å². The van der Waals surface area contributed by atoms with Gasteiger partial charge in [-0.3, -0.25) is 4.79 Å². The first-order chi connectivity index (χ1) is 12.2. The summed E-state index contributed by atoms with van der Waals surface area (Å²) in [5.41, 5.74) is 5.40. The van der Waals surface area contributed by atoms with Crippen LogP contribution in [0.1, 0.15) is 41.5 Å². The molecule has 0 spiro atoms. The van der Waals surface area contributed by atoms with Crippen molar-refractivity contribution < 1.29 is 9.53 Å². The topological polar surface area (TPSA) is 38.3 Å². The van der Waals surface area contributed by atoms with Crippen LogP contribution in [0.3, 0.4) is 0 Å². The summed E-state index contributed by atoms with van der Waals surface area (Å²) in [6.45, 7) is 2.87. The third kappa shape index (κ3) is 5.35. The van der Waals surface area contributed by atoms with E-state index in [2.05, 4.69) is 48.6 Å². The van der Waals surface area contributed by atoms with Crippen LogP contribution in [0.5, 0.6) is 5.75 Å². The largest absolute Gasteiger partial charge is 0.484 e. The molecule has 1 N–H and O–H groups in total. The monoisotopic (exact) mass is 337 g/mol. The number of amides is 1. The van der Waals surface area contributed by atoms with Gasteiger partial charge < -0.3 is 10.1 Å². The van der Waals surface area contributed by atoms with Gasteiger partial charge in [-0.2, -0.15) is 0 Å². The number of hydrogen-bond donors (Lipinski definition) is 1. The van der Waals surface area contributed by atoms with Gasteiger partial charge in [0, 0.05) is 6.54 Å².